The van der Waals surface area contributed by atoms with Gasteiger partial charge in [0.25, 0.3) is 0 Å². The van der Waals surface area contributed by atoms with Gasteiger partial charge in [0.05, 0.1) is 35.0 Å². The average Bonchev–Trinajstić information content (AvgIpc) is 3.22. The van der Waals surface area contributed by atoms with Crippen LogP contribution in [0, 0.1) is 0 Å². The molecular formula is C24H31BrN2O7S2. The van der Waals surface area contributed by atoms with E-state index in [2.05, 4.69) is 26.0 Å². The summed E-state index contributed by atoms with van der Waals surface area (Å²) >= 11 is 4.64. The van der Waals surface area contributed by atoms with Crippen molar-refractivity contribution >= 4 is 54.9 Å². The van der Waals surface area contributed by atoms with Crippen molar-refractivity contribution in [3.8, 4) is 16.2 Å². The van der Waals surface area contributed by atoms with E-state index in [1.165, 1.54) is 14.2 Å². The number of carbonyl (C=O) groups excluding carboxylic acids is 2. The zero-order chi connectivity index (χ0) is 26.3. The topological polar surface area (TPSA) is 111 Å². The van der Waals surface area contributed by atoms with Crippen molar-refractivity contribution < 1.29 is 32.2 Å². The van der Waals surface area contributed by atoms with Crippen LogP contribution in [0.5, 0.6) is 5.75 Å². The third-order valence-electron chi connectivity index (χ3n) is 5.80. The average molecular weight is 604 g/mol. The molecule has 9 nitrogen and oxygen atoms in total. The zero-order valence-corrected chi connectivity index (χ0v) is 23.8. The standard InChI is InChI=1S/C24H31BrN2O7S2/c1-4-5-13-36(30,31)27(17-9-11-26-12-10-17)18-8-6-7-16(14-18)22-20(25)21(34-15-19(28)32-2)23(35-22)24(29)33-3/h6-8,14,17,26H,4-5,9-13,15H2,1-3H3. The Labute approximate surface area is 224 Å². The molecule has 1 fully saturated rings. The Hall–Kier alpha value is -2.15. The van der Waals surface area contributed by atoms with Crippen LogP contribution in [-0.2, 0) is 24.3 Å². The number of esters is 2. The van der Waals surface area contributed by atoms with Crippen molar-refractivity contribution in [1.82, 2.24) is 5.32 Å². The molecule has 1 aromatic carbocycles. The molecule has 1 saturated heterocycles. The fourth-order valence-electron chi connectivity index (χ4n) is 3.98. The first-order valence-corrected chi connectivity index (χ1v) is 14.9. The van der Waals surface area contributed by atoms with E-state index in [1.54, 1.807) is 16.4 Å². The highest BCUT2D eigenvalue weighted by atomic mass is 79.9. The predicted molar refractivity (Wildman–Crippen MR) is 143 cm³/mol. The summed E-state index contributed by atoms with van der Waals surface area (Å²) in [6.45, 7) is 3.10. The number of rotatable bonds is 11. The minimum atomic E-state index is -3.54. The molecule has 1 aliphatic heterocycles. The van der Waals surface area contributed by atoms with E-state index in [1.807, 2.05) is 19.1 Å². The second-order valence-corrected chi connectivity index (χ2v) is 12.0. The lowest BCUT2D eigenvalue weighted by molar-refractivity contribution is -0.142. The zero-order valence-electron chi connectivity index (χ0n) is 20.5. The number of sulfonamides is 1. The van der Waals surface area contributed by atoms with Crippen molar-refractivity contribution in [2.45, 2.75) is 38.6 Å². The molecule has 12 heteroatoms. The molecule has 0 saturated carbocycles. The van der Waals surface area contributed by atoms with Gasteiger partial charge in [-0.1, -0.05) is 25.5 Å². The van der Waals surface area contributed by atoms with E-state index < -0.39 is 22.0 Å². The van der Waals surface area contributed by atoms with Crippen LogP contribution in [0.15, 0.2) is 28.7 Å². The lowest BCUT2D eigenvalue weighted by atomic mass is 10.1. The normalized spacial score (nSPS) is 14.3. The number of thiophene rings is 1. The molecule has 0 aliphatic carbocycles. The number of unbranched alkanes of at least 4 members (excludes halogenated alkanes) is 1. The summed E-state index contributed by atoms with van der Waals surface area (Å²) in [5.74, 6) is -0.953. The minimum Gasteiger partial charge on any atom is -0.479 e. The molecule has 2 heterocycles. The predicted octanol–water partition coefficient (Wildman–Crippen LogP) is 4.20. The molecule has 0 spiro atoms. The number of nitrogens with zero attached hydrogens (tertiary/aromatic N) is 1. The smallest absolute Gasteiger partial charge is 0.351 e. The number of halogens is 1. The van der Waals surface area contributed by atoms with Crippen LogP contribution in [0.2, 0.25) is 0 Å². The fourth-order valence-corrected chi connectivity index (χ4v) is 7.89. The number of methoxy groups -OCH3 is 2. The lowest BCUT2D eigenvalue weighted by Crippen LogP contribution is -2.47. The Balaban J connectivity index is 2.06. The molecule has 0 radical (unpaired) electrons. The summed E-state index contributed by atoms with van der Waals surface area (Å²) in [4.78, 5) is 24.9. The Morgan fingerprint density at radius 2 is 1.92 bits per heavy atom. The molecule has 198 valence electrons. The van der Waals surface area contributed by atoms with E-state index in [-0.39, 0.29) is 29.0 Å². The van der Waals surface area contributed by atoms with Crippen molar-refractivity contribution in [3.05, 3.63) is 33.6 Å². The Morgan fingerprint density at radius 3 is 2.56 bits per heavy atom. The monoisotopic (exact) mass is 602 g/mol. The lowest BCUT2D eigenvalue weighted by Gasteiger charge is -2.35. The van der Waals surface area contributed by atoms with Gasteiger partial charge < -0.3 is 19.5 Å². The first kappa shape index (κ1) is 28.4. The van der Waals surface area contributed by atoms with Crippen LogP contribution in [-0.4, -0.2) is 66.1 Å². The maximum atomic E-state index is 13.4. The Bertz CT molecular complexity index is 1180. The van der Waals surface area contributed by atoms with Gasteiger partial charge in [-0.05, 0) is 66.0 Å². The minimum absolute atomic E-state index is 0.0817. The number of nitrogens with one attached hydrogen (secondary N) is 1. The second kappa shape index (κ2) is 12.9. The van der Waals surface area contributed by atoms with Gasteiger partial charge in [0.2, 0.25) is 10.0 Å². The van der Waals surface area contributed by atoms with Gasteiger partial charge in [-0.2, -0.15) is 0 Å². The van der Waals surface area contributed by atoms with Crippen LogP contribution < -0.4 is 14.4 Å². The number of piperidine rings is 1. The fraction of sp³-hybridized carbons (Fsp3) is 0.500. The number of hydrogen-bond acceptors (Lipinski definition) is 9. The van der Waals surface area contributed by atoms with Crippen LogP contribution in [0.1, 0.15) is 42.3 Å². The van der Waals surface area contributed by atoms with Gasteiger partial charge in [-0.3, -0.25) is 4.31 Å². The SMILES string of the molecule is CCCCS(=O)(=O)N(c1cccc(-c2sc(C(=O)OC)c(OCC(=O)OC)c2Br)c1)C1CCNCC1. The van der Waals surface area contributed by atoms with Crippen LogP contribution in [0.3, 0.4) is 0 Å². The highest BCUT2D eigenvalue weighted by Crippen LogP contribution is 2.46. The highest BCUT2D eigenvalue weighted by molar-refractivity contribution is 9.10. The van der Waals surface area contributed by atoms with Crippen molar-refractivity contribution in [2.75, 3.05) is 44.0 Å². The third kappa shape index (κ3) is 6.58. The molecular weight excluding hydrogens is 572 g/mol. The van der Waals surface area contributed by atoms with E-state index in [0.29, 0.717) is 27.0 Å². The first-order valence-electron chi connectivity index (χ1n) is 11.7. The molecule has 1 aromatic heterocycles. The van der Waals surface area contributed by atoms with E-state index >= 15 is 0 Å². The quantitative estimate of drug-likeness (QED) is 0.381. The molecule has 1 aliphatic rings. The summed E-state index contributed by atoms with van der Waals surface area (Å²) in [7, 11) is -1.03. The number of benzene rings is 1. The molecule has 0 bridgehead atoms. The van der Waals surface area contributed by atoms with Crippen molar-refractivity contribution in [1.29, 1.82) is 0 Å². The van der Waals surface area contributed by atoms with Gasteiger partial charge >= 0.3 is 11.9 Å². The summed E-state index contributed by atoms with van der Waals surface area (Å²) in [6.07, 6.45) is 2.81. The molecule has 3 rings (SSSR count). The summed E-state index contributed by atoms with van der Waals surface area (Å²) in [5.41, 5.74) is 1.28. The number of ether oxygens (including phenoxy) is 3. The number of hydrogen-bond donors (Lipinski definition) is 1. The summed E-state index contributed by atoms with van der Waals surface area (Å²) < 4.78 is 44.0. The second-order valence-electron chi connectivity index (χ2n) is 8.26. The van der Waals surface area contributed by atoms with Crippen LogP contribution >= 0.6 is 27.3 Å². The van der Waals surface area contributed by atoms with Gasteiger partial charge in [-0.25, -0.2) is 18.0 Å². The Kier molecular flexibility index (Phi) is 10.2. The largest absolute Gasteiger partial charge is 0.479 e. The summed E-state index contributed by atoms with van der Waals surface area (Å²) in [6, 6.07) is 7.11. The molecule has 1 N–H and O–H groups in total. The van der Waals surface area contributed by atoms with Crippen molar-refractivity contribution in [2.24, 2.45) is 0 Å². The number of carbonyl (C=O) groups is 2. The van der Waals surface area contributed by atoms with Crippen molar-refractivity contribution in [3.63, 3.8) is 0 Å². The maximum absolute atomic E-state index is 13.4. The number of anilines is 1. The van der Waals surface area contributed by atoms with E-state index in [9.17, 15) is 18.0 Å². The molecule has 0 unspecified atom stereocenters. The van der Waals surface area contributed by atoms with Gasteiger partial charge in [0.1, 0.15) is 0 Å². The maximum Gasteiger partial charge on any atom is 0.351 e. The molecule has 2 aromatic rings. The molecule has 36 heavy (non-hydrogen) atoms. The van der Waals surface area contributed by atoms with E-state index in [0.717, 1.165) is 43.7 Å². The van der Waals surface area contributed by atoms with E-state index in [4.69, 9.17) is 9.47 Å². The molecule has 0 atom stereocenters. The Morgan fingerprint density at radius 1 is 1.19 bits per heavy atom. The molecule has 0 amide bonds. The van der Waals surface area contributed by atoms with Gasteiger partial charge in [0.15, 0.2) is 17.2 Å². The first-order chi connectivity index (χ1) is 17.2. The summed E-state index contributed by atoms with van der Waals surface area (Å²) in [5, 5.41) is 3.29. The van der Waals surface area contributed by atoms with Gasteiger partial charge in [0, 0.05) is 6.04 Å². The highest BCUT2D eigenvalue weighted by Gasteiger charge is 2.32. The van der Waals surface area contributed by atoms with Gasteiger partial charge in [-0.15, -0.1) is 11.3 Å². The van der Waals surface area contributed by atoms with Crippen LogP contribution in [0.4, 0.5) is 5.69 Å². The van der Waals surface area contributed by atoms with Crippen LogP contribution in [0.25, 0.3) is 10.4 Å². The third-order valence-corrected chi connectivity index (χ3v) is 9.93.